The predicted octanol–water partition coefficient (Wildman–Crippen LogP) is 5.07. The zero-order valence-electron chi connectivity index (χ0n) is 20.7. The fourth-order valence-electron chi connectivity index (χ4n) is 5.16. The van der Waals surface area contributed by atoms with Gasteiger partial charge in [-0.25, -0.2) is 4.39 Å². The molecule has 2 aliphatic heterocycles. The molecule has 3 aromatic rings. The number of rotatable bonds is 8. The predicted molar refractivity (Wildman–Crippen MR) is 143 cm³/mol. The van der Waals surface area contributed by atoms with Gasteiger partial charge in [0.2, 0.25) is 5.91 Å². The molecule has 5 nitrogen and oxygen atoms in total. The van der Waals surface area contributed by atoms with Gasteiger partial charge in [0, 0.05) is 56.6 Å². The number of hydrogen-bond acceptors (Lipinski definition) is 5. The van der Waals surface area contributed by atoms with Crippen molar-refractivity contribution in [2.45, 2.75) is 25.8 Å². The number of nitrogens with zero attached hydrogens (tertiary/aromatic N) is 3. The van der Waals surface area contributed by atoms with Crippen LogP contribution in [0.25, 0.3) is 0 Å². The number of halogens is 1. The summed E-state index contributed by atoms with van der Waals surface area (Å²) in [7, 11) is 0. The number of anilines is 1. The number of amides is 1. The third kappa shape index (κ3) is 6.45. The van der Waals surface area contributed by atoms with E-state index in [-0.39, 0.29) is 11.7 Å². The van der Waals surface area contributed by atoms with E-state index in [2.05, 4.69) is 28.0 Å². The van der Waals surface area contributed by atoms with Crippen LogP contribution < -0.4 is 9.64 Å². The van der Waals surface area contributed by atoms with E-state index in [9.17, 15) is 9.18 Å². The van der Waals surface area contributed by atoms with Crippen LogP contribution in [-0.2, 0) is 17.8 Å². The molecule has 0 aliphatic carbocycles. The molecule has 0 N–H and O–H groups in total. The molecule has 1 aromatic heterocycles. The van der Waals surface area contributed by atoms with Crippen molar-refractivity contribution in [2.75, 3.05) is 50.8 Å². The largest absolute Gasteiger partial charge is 0.493 e. The minimum Gasteiger partial charge on any atom is -0.493 e. The number of thiophene rings is 1. The minimum atomic E-state index is -0.149. The van der Waals surface area contributed by atoms with Crippen molar-refractivity contribution in [1.82, 2.24) is 9.80 Å². The first-order valence-electron chi connectivity index (χ1n) is 12.9. The third-order valence-corrected chi connectivity index (χ3v) is 8.01. The highest BCUT2D eigenvalue weighted by atomic mass is 32.1. The van der Waals surface area contributed by atoms with Gasteiger partial charge in [-0.3, -0.25) is 9.69 Å². The van der Waals surface area contributed by atoms with E-state index < -0.39 is 0 Å². The van der Waals surface area contributed by atoms with Gasteiger partial charge in [0.1, 0.15) is 11.6 Å². The van der Waals surface area contributed by atoms with E-state index in [4.69, 9.17) is 4.74 Å². The Labute approximate surface area is 217 Å². The number of para-hydroxylation sites is 1. The van der Waals surface area contributed by atoms with Crippen LogP contribution in [0.3, 0.4) is 0 Å². The third-order valence-electron chi connectivity index (χ3n) is 7.13. The van der Waals surface area contributed by atoms with Crippen molar-refractivity contribution < 1.29 is 13.9 Å². The summed E-state index contributed by atoms with van der Waals surface area (Å²) in [5, 5.41) is 2.02. The monoisotopic (exact) mass is 507 g/mol. The van der Waals surface area contributed by atoms with E-state index in [1.807, 2.05) is 40.6 Å². The number of likely N-dealkylation sites (tertiary alicyclic amines) is 1. The van der Waals surface area contributed by atoms with E-state index in [0.29, 0.717) is 24.6 Å². The van der Waals surface area contributed by atoms with Crippen molar-refractivity contribution in [2.24, 2.45) is 5.92 Å². The van der Waals surface area contributed by atoms with Gasteiger partial charge in [-0.1, -0.05) is 30.3 Å². The normalized spacial score (nSPS) is 18.9. The Hall–Kier alpha value is -2.90. The van der Waals surface area contributed by atoms with Crippen LogP contribution in [0.15, 0.2) is 66.0 Å². The molecule has 2 fully saturated rings. The van der Waals surface area contributed by atoms with E-state index >= 15 is 0 Å². The molecule has 2 aromatic carbocycles. The van der Waals surface area contributed by atoms with Gasteiger partial charge in [-0.2, -0.15) is 0 Å². The van der Waals surface area contributed by atoms with Gasteiger partial charge in [0.15, 0.2) is 0 Å². The molecule has 2 saturated heterocycles. The number of benzene rings is 2. The molecule has 5 rings (SSSR count). The molecule has 0 spiro atoms. The maximum absolute atomic E-state index is 14.1. The van der Waals surface area contributed by atoms with Gasteiger partial charge in [-0.15, -0.1) is 11.3 Å². The van der Waals surface area contributed by atoms with Crippen LogP contribution in [0.2, 0.25) is 0 Å². The molecule has 2 aliphatic rings. The lowest BCUT2D eigenvalue weighted by Gasteiger charge is -2.36. The molecule has 3 heterocycles. The standard InChI is InChI=1S/C29H34FN3O2S/c30-27-10-1-2-11-28(27)32-15-13-31(14-16-32)20-23-6-3-8-25(18-23)35-22-24-7-4-12-33(21-24)29(34)19-26-9-5-17-36-26/h1-3,5-6,8-11,17-18,24H,4,7,12-16,19-22H2. The smallest absolute Gasteiger partial charge is 0.227 e. The van der Waals surface area contributed by atoms with Crippen molar-refractivity contribution in [1.29, 1.82) is 0 Å². The molecule has 1 unspecified atom stereocenters. The average molecular weight is 508 g/mol. The second-order valence-corrected chi connectivity index (χ2v) is 10.8. The molecule has 36 heavy (non-hydrogen) atoms. The van der Waals surface area contributed by atoms with Crippen molar-refractivity contribution in [3.05, 3.63) is 82.3 Å². The van der Waals surface area contributed by atoms with Crippen LogP contribution in [0.1, 0.15) is 23.3 Å². The minimum absolute atomic E-state index is 0.149. The maximum Gasteiger partial charge on any atom is 0.227 e. The Kier molecular flexibility index (Phi) is 8.18. The molecule has 7 heteroatoms. The van der Waals surface area contributed by atoms with Crippen LogP contribution >= 0.6 is 11.3 Å². The number of piperazine rings is 1. The fourth-order valence-corrected chi connectivity index (χ4v) is 5.86. The SMILES string of the molecule is O=C(Cc1cccs1)N1CCCC(COc2cccc(CN3CCN(c4ccccc4F)CC3)c2)C1. The molecule has 0 radical (unpaired) electrons. The Bertz CT molecular complexity index is 1130. The summed E-state index contributed by atoms with van der Waals surface area (Å²) < 4.78 is 20.3. The van der Waals surface area contributed by atoms with Crippen LogP contribution in [0.5, 0.6) is 5.75 Å². The van der Waals surface area contributed by atoms with Crippen molar-refractivity contribution >= 4 is 22.9 Å². The van der Waals surface area contributed by atoms with Gasteiger partial charge in [-0.05, 0) is 54.1 Å². The highest BCUT2D eigenvalue weighted by Crippen LogP contribution is 2.23. The first-order chi connectivity index (χ1) is 17.6. The molecular weight excluding hydrogens is 473 g/mol. The Balaban J connectivity index is 1.08. The molecule has 1 amide bonds. The summed E-state index contributed by atoms with van der Waals surface area (Å²) in [5.41, 5.74) is 1.92. The lowest BCUT2D eigenvalue weighted by molar-refractivity contribution is -0.132. The molecular formula is C29H34FN3O2S. The van der Waals surface area contributed by atoms with Crippen LogP contribution in [0, 0.1) is 11.7 Å². The van der Waals surface area contributed by atoms with Crippen LogP contribution in [-0.4, -0.2) is 61.6 Å². The fraction of sp³-hybridized carbons (Fsp3) is 0.414. The summed E-state index contributed by atoms with van der Waals surface area (Å²) in [6.45, 7) is 6.55. The van der Waals surface area contributed by atoms with Gasteiger partial charge < -0.3 is 14.5 Å². The zero-order valence-corrected chi connectivity index (χ0v) is 21.5. The molecule has 0 bridgehead atoms. The number of ether oxygens (including phenoxy) is 1. The number of piperidine rings is 1. The lowest BCUT2D eigenvalue weighted by atomic mass is 9.98. The number of hydrogen-bond donors (Lipinski definition) is 0. The Morgan fingerprint density at radius 3 is 2.67 bits per heavy atom. The molecule has 190 valence electrons. The average Bonchev–Trinajstić information content (AvgIpc) is 3.42. The summed E-state index contributed by atoms with van der Waals surface area (Å²) in [4.78, 5) is 20.4. The first-order valence-corrected chi connectivity index (χ1v) is 13.8. The van der Waals surface area contributed by atoms with E-state index in [1.165, 1.54) is 11.6 Å². The number of carbonyl (C=O) groups excluding carboxylic acids is 1. The van der Waals surface area contributed by atoms with Crippen molar-refractivity contribution in [3.63, 3.8) is 0 Å². The zero-order chi connectivity index (χ0) is 24.7. The van der Waals surface area contributed by atoms with Gasteiger partial charge >= 0.3 is 0 Å². The Morgan fingerprint density at radius 2 is 1.86 bits per heavy atom. The Morgan fingerprint density at radius 1 is 1.00 bits per heavy atom. The summed E-state index contributed by atoms with van der Waals surface area (Å²) >= 11 is 1.64. The first kappa shape index (κ1) is 24.8. The highest BCUT2D eigenvalue weighted by molar-refractivity contribution is 7.10. The maximum atomic E-state index is 14.1. The molecule has 1 atom stereocenters. The van der Waals surface area contributed by atoms with Gasteiger partial charge in [0.05, 0.1) is 18.7 Å². The highest BCUT2D eigenvalue weighted by Gasteiger charge is 2.24. The topological polar surface area (TPSA) is 36.0 Å². The van der Waals surface area contributed by atoms with E-state index in [0.717, 1.165) is 69.3 Å². The molecule has 0 saturated carbocycles. The van der Waals surface area contributed by atoms with Crippen LogP contribution in [0.4, 0.5) is 10.1 Å². The summed E-state index contributed by atoms with van der Waals surface area (Å²) in [6.07, 6.45) is 2.62. The van der Waals surface area contributed by atoms with Gasteiger partial charge in [0.25, 0.3) is 0 Å². The quantitative estimate of drug-likeness (QED) is 0.427. The lowest BCUT2D eigenvalue weighted by Crippen LogP contribution is -2.46. The number of carbonyl (C=O) groups is 1. The van der Waals surface area contributed by atoms with E-state index in [1.54, 1.807) is 17.4 Å². The summed E-state index contributed by atoms with van der Waals surface area (Å²) in [5.74, 6) is 1.32. The summed E-state index contributed by atoms with van der Waals surface area (Å²) in [6, 6.07) is 19.4. The van der Waals surface area contributed by atoms with Crippen molar-refractivity contribution in [3.8, 4) is 5.75 Å². The second-order valence-electron chi connectivity index (χ2n) is 9.78. The second kappa shape index (κ2) is 11.9.